The Balaban J connectivity index is 2.16. The molecule has 0 saturated carbocycles. The van der Waals surface area contributed by atoms with Gasteiger partial charge in [0.05, 0.1) is 5.71 Å². The van der Waals surface area contributed by atoms with Crippen molar-refractivity contribution in [1.29, 1.82) is 5.41 Å². The lowest BCUT2D eigenvalue weighted by Gasteiger charge is -2.10. The summed E-state index contributed by atoms with van der Waals surface area (Å²) in [5.74, 6) is 1.24. The Kier molecular flexibility index (Phi) is 6.92. The number of aliphatic imine (C=N–C) groups is 1. The van der Waals surface area contributed by atoms with Gasteiger partial charge in [-0.25, -0.2) is 15.0 Å². The third kappa shape index (κ3) is 5.75. The van der Waals surface area contributed by atoms with E-state index in [9.17, 15) is 4.79 Å². The van der Waals surface area contributed by atoms with E-state index in [0.29, 0.717) is 23.1 Å². The Bertz CT molecular complexity index is 804. The molecule has 8 heteroatoms. The quantitative estimate of drug-likeness (QED) is 0.622. The van der Waals surface area contributed by atoms with Crippen LogP contribution in [0.25, 0.3) is 11.4 Å². The first-order valence-corrected chi connectivity index (χ1v) is 8.15. The van der Waals surface area contributed by atoms with Gasteiger partial charge in [-0.2, -0.15) is 0 Å². The molecule has 4 N–H and O–H groups in total. The van der Waals surface area contributed by atoms with Crippen LogP contribution in [-0.4, -0.2) is 47.0 Å². The summed E-state index contributed by atoms with van der Waals surface area (Å²) in [6.07, 6.45) is 2.68. The number of carbonyl (C=O) groups is 1. The van der Waals surface area contributed by atoms with Crippen LogP contribution in [0, 0.1) is 5.41 Å². The molecule has 0 saturated heterocycles. The van der Waals surface area contributed by atoms with Crippen molar-refractivity contribution in [1.82, 2.24) is 15.3 Å². The van der Waals surface area contributed by atoms with Crippen molar-refractivity contribution in [2.75, 3.05) is 13.2 Å². The third-order valence-corrected chi connectivity index (χ3v) is 3.19. The maximum Gasteiger partial charge on any atom is 0.258 e. The molecule has 0 spiro atoms. The van der Waals surface area contributed by atoms with E-state index in [4.69, 9.17) is 15.9 Å². The standard InChI is InChI=1S/C18H22N6O2/c1-12(2)22-17(25)11-26-15-5-3-4-13(8-15)18-21-7-6-16(24-18)23-14(9-19)10-20/h3-9,12,19H,10-11,20H2,1-2H3,(H,22,25). The number of nitrogens with two attached hydrogens (primary N) is 1. The first-order chi connectivity index (χ1) is 12.5. The fraction of sp³-hybridized carbons (Fsp3) is 0.278. The number of benzene rings is 1. The maximum absolute atomic E-state index is 11.7. The van der Waals surface area contributed by atoms with Crippen molar-refractivity contribution >= 4 is 23.7 Å². The van der Waals surface area contributed by atoms with Gasteiger partial charge in [-0.05, 0) is 26.0 Å². The largest absolute Gasteiger partial charge is 0.484 e. The summed E-state index contributed by atoms with van der Waals surface area (Å²) >= 11 is 0. The van der Waals surface area contributed by atoms with E-state index >= 15 is 0 Å². The van der Waals surface area contributed by atoms with Crippen LogP contribution in [0.2, 0.25) is 0 Å². The van der Waals surface area contributed by atoms with E-state index in [1.54, 1.807) is 30.5 Å². The van der Waals surface area contributed by atoms with Crippen LogP contribution >= 0.6 is 0 Å². The summed E-state index contributed by atoms with van der Waals surface area (Å²) in [7, 11) is 0. The molecule has 1 amide bonds. The second-order valence-electron chi connectivity index (χ2n) is 5.73. The van der Waals surface area contributed by atoms with Crippen molar-refractivity contribution in [3.63, 3.8) is 0 Å². The predicted octanol–water partition coefficient (Wildman–Crippen LogP) is 1.73. The summed E-state index contributed by atoms with van der Waals surface area (Å²) in [4.78, 5) is 24.5. The Morgan fingerprint density at radius 2 is 2.23 bits per heavy atom. The van der Waals surface area contributed by atoms with Crippen molar-refractivity contribution in [2.45, 2.75) is 19.9 Å². The second-order valence-corrected chi connectivity index (χ2v) is 5.73. The fourth-order valence-corrected chi connectivity index (χ4v) is 2.07. The van der Waals surface area contributed by atoms with Crippen molar-refractivity contribution in [2.24, 2.45) is 10.7 Å². The molecule has 0 aliphatic carbocycles. The van der Waals surface area contributed by atoms with Gasteiger partial charge in [-0.3, -0.25) is 4.79 Å². The molecule has 26 heavy (non-hydrogen) atoms. The van der Waals surface area contributed by atoms with Crippen molar-refractivity contribution < 1.29 is 9.53 Å². The van der Waals surface area contributed by atoms with Crippen LogP contribution in [0.15, 0.2) is 41.5 Å². The van der Waals surface area contributed by atoms with Gasteiger partial charge in [0.2, 0.25) is 0 Å². The zero-order chi connectivity index (χ0) is 18.9. The van der Waals surface area contributed by atoms with Crippen LogP contribution in [0.3, 0.4) is 0 Å². The molecule has 0 aliphatic rings. The fourth-order valence-electron chi connectivity index (χ4n) is 2.07. The number of ether oxygens (including phenoxy) is 1. The lowest BCUT2D eigenvalue weighted by molar-refractivity contribution is -0.123. The molecule has 2 rings (SSSR count). The molecule has 0 atom stereocenters. The Morgan fingerprint density at radius 1 is 1.42 bits per heavy atom. The minimum absolute atomic E-state index is 0.0634. The van der Waals surface area contributed by atoms with E-state index in [1.807, 2.05) is 19.9 Å². The highest BCUT2D eigenvalue weighted by Crippen LogP contribution is 2.22. The molecule has 136 valence electrons. The number of rotatable bonds is 8. The SMILES string of the molecule is CC(C)NC(=O)COc1cccc(-c2nccc(N=C(C=N)CN)n2)c1. The summed E-state index contributed by atoms with van der Waals surface area (Å²) in [5.41, 5.74) is 6.66. The summed E-state index contributed by atoms with van der Waals surface area (Å²) in [6.45, 7) is 3.87. The Labute approximate surface area is 152 Å². The van der Waals surface area contributed by atoms with E-state index in [2.05, 4.69) is 20.3 Å². The molecular weight excluding hydrogens is 332 g/mol. The summed E-state index contributed by atoms with van der Waals surface area (Å²) in [6, 6.07) is 8.85. The monoisotopic (exact) mass is 354 g/mol. The maximum atomic E-state index is 11.7. The smallest absolute Gasteiger partial charge is 0.258 e. The molecule has 8 nitrogen and oxygen atoms in total. The highest BCUT2D eigenvalue weighted by molar-refractivity contribution is 6.30. The van der Waals surface area contributed by atoms with Crippen LogP contribution in [0.4, 0.5) is 5.82 Å². The molecule has 0 fully saturated rings. The Hall–Kier alpha value is -3.13. The highest BCUT2D eigenvalue weighted by atomic mass is 16.5. The molecule has 1 heterocycles. The van der Waals surface area contributed by atoms with Gasteiger partial charge in [-0.1, -0.05) is 12.1 Å². The zero-order valence-corrected chi connectivity index (χ0v) is 14.8. The topological polar surface area (TPSA) is 126 Å². The highest BCUT2D eigenvalue weighted by Gasteiger charge is 2.07. The molecular formula is C18H22N6O2. The van der Waals surface area contributed by atoms with Crippen LogP contribution in [-0.2, 0) is 4.79 Å². The lowest BCUT2D eigenvalue weighted by Crippen LogP contribution is -2.34. The predicted molar refractivity (Wildman–Crippen MR) is 101 cm³/mol. The van der Waals surface area contributed by atoms with Gasteiger partial charge in [-0.15, -0.1) is 0 Å². The number of aromatic nitrogens is 2. The summed E-state index contributed by atoms with van der Waals surface area (Å²) in [5, 5.41) is 10.0. The molecule has 0 radical (unpaired) electrons. The zero-order valence-electron chi connectivity index (χ0n) is 14.8. The average molecular weight is 354 g/mol. The number of carbonyl (C=O) groups excluding carboxylic acids is 1. The lowest BCUT2D eigenvalue weighted by atomic mass is 10.2. The van der Waals surface area contributed by atoms with Crippen LogP contribution in [0.5, 0.6) is 5.75 Å². The Morgan fingerprint density at radius 3 is 2.92 bits per heavy atom. The van der Waals surface area contributed by atoms with Crippen LogP contribution in [0.1, 0.15) is 13.8 Å². The minimum atomic E-state index is -0.182. The van der Waals surface area contributed by atoms with Gasteiger partial charge in [0.25, 0.3) is 5.91 Å². The normalized spacial score (nSPS) is 11.3. The van der Waals surface area contributed by atoms with E-state index in [1.165, 1.54) is 0 Å². The number of nitrogens with one attached hydrogen (secondary N) is 2. The molecule has 1 aromatic carbocycles. The minimum Gasteiger partial charge on any atom is -0.484 e. The number of amides is 1. The average Bonchev–Trinajstić information content (AvgIpc) is 2.64. The van der Waals surface area contributed by atoms with E-state index in [-0.39, 0.29) is 25.1 Å². The molecule has 0 unspecified atom stereocenters. The molecule has 0 bridgehead atoms. The number of hydrogen-bond acceptors (Lipinski definition) is 7. The first-order valence-electron chi connectivity index (χ1n) is 8.15. The van der Waals surface area contributed by atoms with Crippen LogP contribution < -0.4 is 15.8 Å². The van der Waals surface area contributed by atoms with Gasteiger partial charge >= 0.3 is 0 Å². The first kappa shape index (κ1) is 19.2. The molecule has 0 aliphatic heterocycles. The van der Waals surface area contributed by atoms with Gasteiger partial charge in [0, 0.05) is 36.6 Å². The number of hydrogen-bond donors (Lipinski definition) is 3. The van der Waals surface area contributed by atoms with E-state index < -0.39 is 0 Å². The van der Waals surface area contributed by atoms with Gasteiger partial charge in [0.1, 0.15) is 5.75 Å². The molecule has 1 aromatic heterocycles. The number of nitrogens with zero attached hydrogens (tertiary/aromatic N) is 3. The van der Waals surface area contributed by atoms with E-state index in [0.717, 1.165) is 11.8 Å². The molecule has 2 aromatic rings. The summed E-state index contributed by atoms with van der Waals surface area (Å²) < 4.78 is 5.52. The van der Waals surface area contributed by atoms with Gasteiger partial charge in [0.15, 0.2) is 18.2 Å². The van der Waals surface area contributed by atoms with Crippen molar-refractivity contribution in [3.8, 4) is 17.1 Å². The second kappa shape index (κ2) is 9.38. The van der Waals surface area contributed by atoms with Gasteiger partial charge < -0.3 is 21.2 Å². The third-order valence-electron chi connectivity index (χ3n) is 3.19. The van der Waals surface area contributed by atoms with Crippen molar-refractivity contribution in [3.05, 3.63) is 36.5 Å².